The molecule has 32 heavy (non-hydrogen) atoms. The van der Waals surface area contributed by atoms with Gasteiger partial charge in [0.15, 0.2) is 0 Å². The van der Waals surface area contributed by atoms with Crippen molar-refractivity contribution in [3.8, 4) is 0 Å². The number of rotatable bonds is 1. The van der Waals surface area contributed by atoms with Crippen molar-refractivity contribution in [1.29, 1.82) is 0 Å². The van der Waals surface area contributed by atoms with E-state index in [0.717, 1.165) is 18.8 Å². The van der Waals surface area contributed by atoms with Gasteiger partial charge in [0, 0.05) is 0 Å². The fourth-order valence-electron chi connectivity index (χ4n) is 12.2. The van der Waals surface area contributed by atoms with Crippen molar-refractivity contribution in [2.24, 2.45) is 56.7 Å². The Morgan fingerprint density at radius 1 is 0.719 bits per heavy atom. The molecule has 5 fully saturated rings. The minimum absolute atomic E-state index is 0.170. The maximum atomic E-state index is 12.0. The highest BCUT2D eigenvalue weighted by molar-refractivity contribution is 5.21. The first-order valence-electron chi connectivity index (χ1n) is 14.0. The highest BCUT2D eigenvalue weighted by atomic mass is 16.3. The molecule has 0 bridgehead atoms. The molecular weight excluding hydrogens is 392 g/mol. The fraction of sp³-hybridized carbons (Fsp3) is 1.00. The van der Waals surface area contributed by atoms with Gasteiger partial charge in [-0.15, -0.1) is 0 Å². The molecule has 5 rings (SSSR count). The van der Waals surface area contributed by atoms with Gasteiger partial charge in [-0.1, -0.05) is 48.0 Å². The Labute approximate surface area is 198 Å². The summed E-state index contributed by atoms with van der Waals surface area (Å²) in [5, 5.41) is 23.0. The van der Waals surface area contributed by atoms with Gasteiger partial charge in [-0.3, -0.25) is 0 Å². The van der Waals surface area contributed by atoms with Crippen LogP contribution in [0.25, 0.3) is 0 Å². The quantitative estimate of drug-likeness (QED) is 0.448. The third-order valence-electron chi connectivity index (χ3n) is 13.6. The standard InChI is InChI=1S/C30H52O2/c1-25(2)13-9-14-28(6)22(25)12-17-30(8)24(28)21(31)18-23-27(5)15-10-19(26(3,4)32)20(27)11-16-29(23,30)7/h19-24,31-32H,9-18H2,1-8H3. The van der Waals surface area contributed by atoms with E-state index in [9.17, 15) is 10.2 Å². The molecule has 5 aliphatic carbocycles. The van der Waals surface area contributed by atoms with Gasteiger partial charge >= 0.3 is 0 Å². The maximum Gasteiger partial charge on any atom is 0.0622 e. The summed E-state index contributed by atoms with van der Waals surface area (Å²) >= 11 is 0. The number of hydrogen-bond acceptors (Lipinski definition) is 2. The predicted octanol–water partition coefficient (Wildman–Crippen LogP) is 7.22. The minimum atomic E-state index is -0.588. The first kappa shape index (κ1) is 23.7. The van der Waals surface area contributed by atoms with Crippen molar-refractivity contribution in [2.75, 3.05) is 0 Å². The lowest BCUT2D eigenvalue weighted by Gasteiger charge is -2.74. The van der Waals surface area contributed by atoms with Crippen LogP contribution in [0.3, 0.4) is 0 Å². The molecule has 0 saturated heterocycles. The van der Waals surface area contributed by atoms with E-state index < -0.39 is 5.60 Å². The highest BCUT2D eigenvalue weighted by Crippen LogP contribution is 2.78. The van der Waals surface area contributed by atoms with Crippen molar-refractivity contribution in [1.82, 2.24) is 0 Å². The summed E-state index contributed by atoms with van der Waals surface area (Å²) in [5.41, 5.74) is 0.859. The van der Waals surface area contributed by atoms with Crippen LogP contribution in [0.2, 0.25) is 0 Å². The van der Waals surface area contributed by atoms with Crippen LogP contribution in [0, 0.1) is 56.7 Å². The SMILES string of the molecule is CC(C)(O)C1CCC2(C)C1CCC1(C)C2CC(O)C2C3(C)CCCC(C)(C)C3CCC21C. The van der Waals surface area contributed by atoms with Gasteiger partial charge in [0.1, 0.15) is 0 Å². The predicted molar refractivity (Wildman–Crippen MR) is 132 cm³/mol. The summed E-state index contributed by atoms with van der Waals surface area (Å²) in [6.07, 6.45) is 12.4. The number of aliphatic hydroxyl groups is 2. The topological polar surface area (TPSA) is 40.5 Å². The second-order valence-corrected chi connectivity index (χ2v) is 15.6. The molecular formula is C30H52O2. The van der Waals surface area contributed by atoms with E-state index in [1.807, 2.05) is 13.8 Å². The van der Waals surface area contributed by atoms with Crippen LogP contribution in [0.15, 0.2) is 0 Å². The largest absolute Gasteiger partial charge is 0.393 e. The normalized spacial score (nSPS) is 57.2. The summed E-state index contributed by atoms with van der Waals surface area (Å²) in [6.45, 7) is 19.5. The Bertz CT molecular complexity index is 765. The van der Waals surface area contributed by atoms with Gasteiger partial charge in [0.25, 0.3) is 0 Å². The smallest absolute Gasteiger partial charge is 0.0622 e. The molecule has 0 amide bonds. The van der Waals surface area contributed by atoms with Crippen LogP contribution >= 0.6 is 0 Å². The zero-order valence-corrected chi connectivity index (χ0v) is 22.4. The second-order valence-electron chi connectivity index (χ2n) is 15.6. The first-order chi connectivity index (χ1) is 14.6. The molecule has 2 heteroatoms. The summed E-state index contributed by atoms with van der Waals surface area (Å²) in [6, 6.07) is 0. The number of fused-ring (bicyclic) bond motifs is 7. The van der Waals surface area contributed by atoms with E-state index in [1.165, 1.54) is 51.4 Å². The van der Waals surface area contributed by atoms with Gasteiger partial charge in [-0.05, 0) is 128 Å². The van der Waals surface area contributed by atoms with Gasteiger partial charge in [-0.25, -0.2) is 0 Å². The molecule has 2 N–H and O–H groups in total. The van der Waals surface area contributed by atoms with Crippen LogP contribution in [-0.2, 0) is 0 Å². The molecule has 0 aromatic rings. The van der Waals surface area contributed by atoms with Crippen molar-refractivity contribution in [3.63, 3.8) is 0 Å². The van der Waals surface area contributed by atoms with E-state index in [-0.39, 0.29) is 22.3 Å². The van der Waals surface area contributed by atoms with E-state index in [2.05, 4.69) is 41.5 Å². The Morgan fingerprint density at radius 2 is 1.38 bits per heavy atom. The third kappa shape index (κ3) is 2.78. The summed E-state index contributed by atoms with van der Waals surface area (Å²) in [5.74, 6) is 2.77. The zero-order valence-electron chi connectivity index (χ0n) is 22.4. The Morgan fingerprint density at radius 3 is 2.03 bits per heavy atom. The van der Waals surface area contributed by atoms with E-state index in [4.69, 9.17) is 0 Å². The Balaban J connectivity index is 1.56. The molecule has 0 aromatic heterocycles. The van der Waals surface area contributed by atoms with Gasteiger partial charge in [0.05, 0.1) is 11.7 Å². The monoisotopic (exact) mass is 444 g/mol. The van der Waals surface area contributed by atoms with Crippen molar-refractivity contribution >= 4 is 0 Å². The molecule has 2 nitrogen and oxygen atoms in total. The van der Waals surface area contributed by atoms with E-state index >= 15 is 0 Å². The molecule has 10 atom stereocenters. The molecule has 0 radical (unpaired) electrons. The van der Waals surface area contributed by atoms with Crippen molar-refractivity contribution in [3.05, 3.63) is 0 Å². The summed E-state index contributed by atoms with van der Waals surface area (Å²) < 4.78 is 0. The number of hydrogen-bond donors (Lipinski definition) is 2. The van der Waals surface area contributed by atoms with E-state index in [1.54, 1.807) is 0 Å². The summed E-state index contributed by atoms with van der Waals surface area (Å²) in [7, 11) is 0. The van der Waals surface area contributed by atoms with E-state index in [0.29, 0.717) is 34.5 Å². The maximum absolute atomic E-state index is 12.0. The van der Waals surface area contributed by atoms with Crippen LogP contribution in [0.4, 0.5) is 0 Å². The Hall–Kier alpha value is -0.0800. The fourth-order valence-corrected chi connectivity index (χ4v) is 12.2. The zero-order chi connectivity index (χ0) is 23.5. The van der Waals surface area contributed by atoms with Crippen LogP contribution in [-0.4, -0.2) is 21.9 Å². The van der Waals surface area contributed by atoms with Crippen molar-refractivity contribution < 1.29 is 10.2 Å². The lowest BCUT2D eigenvalue weighted by molar-refractivity contribution is -0.274. The first-order valence-corrected chi connectivity index (χ1v) is 14.0. The van der Waals surface area contributed by atoms with Crippen molar-refractivity contribution in [2.45, 2.75) is 131 Å². The molecule has 0 spiro atoms. The minimum Gasteiger partial charge on any atom is -0.393 e. The molecule has 10 unspecified atom stereocenters. The van der Waals surface area contributed by atoms with Gasteiger partial charge in [-0.2, -0.15) is 0 Å². The van der Waals surface area contributed by atoms with Crippen LogP contribution in [0.1, 0.15) is 120 Å². The van der Waals surface area contributed by atoms with Crippen LogP contribution < -0.4 is 0 Å². The Kier molecular flexibility index (Phi) is 5.01. The average molecular weight is 445 g/mol. The third-order valence-corrected chi connectivity index (χ3v) is 13.6. The van der Waals surface area contributed by atoms with Gasteiger partial charge in [0.2, 0.25) is 0 Å². The highest BCUT2D eigenvalue weighted by Gasteiger charge is 2.72. The lowest BCUT2D eigenvalue weighted by Crippen LogP contribution is -2.69. The lowest BCUT2D eigenvalue weighted by atomic mass is 9.31. The molecule has 184 valence electrons. The average Bonchev–Trinajstić information content (AvgIpc) is 3.00. The van der Waals surface area contributed by atoms with Crippen LogP contribution in [0.5, 0.6) is 0 Å². The summed E-state index contributed by atoms with van der Waals surface area (Å²) in [4.78, 5) is 0. The second kappa shape index (κ2) is 6.77. The molecule has 0 aliphatic heterocycles. The van der Waals surface area contributed by atoms with Gasteiger partial charge < -0.3 is 10.2 Å². The molecule has 0 heterocycles. The molecule has 0 aromatic carbocycles. The molecule has 5 aliphatic rings. The number of aliphatic hydroxyl groups excluding tert-OH is 1. The molecule has 5 saturated carbocycles.